The van der Waals surface area contributed by atoms with Gasteiger partial charge in [-0.1, -0.05) is 23.2 Å². The number of imide groups is 1. The maximum absolute atomic E-state index is 14.0. The third-order valence-corrected chi connectivity index (χ3v) is 7.81. The van der Waals surface area contributed by atoms with Crippen LogP contribution in [0.5, 0.6) is 5.75 Å². The van der Waals surface area contributed by atoms with Gasteiger partial charge in [0.25, 0.3) is 0 Å². The van der Waals surface area contributed by atoms with Crippen LogP contribution in [0.2, 0.25) is 10.0 Å². The fourth-order valence-electron chi connectivity index (χ4n) is 6.25. The largest absolute Gasteiger partial charge is 0.495 e. The Bertz CT molecular complexity index is 1220. The standard InChI is InChI=1S/C23H19Cl2N3O4/c1-32-17-7-5-12(25)10-16(17)28-20(29)18-15-3-2-8-27(15)23(19(18)21(28)30)13-9-11(24)4-6-14(13)26-22(23)31/h4-7,9-10,15,18-19H,2-3,8H2,1H3,(H,26,31)/t15-,18+,19+,23+/m0/s1. The molecule has 0 unspecified atom stereocenters. The van der Waals surface area contributed by atoms with Crippen LogP contribution in [0, 0.1) is 11.8 Å². The molecule has 3 fully saturated rings. The van der Waals surface area contributed by atoms with E-state index in [1.165, 1.54) is 7.11 Å². The van der Waals surface area contributed by atoms with Crippen LogP contribution < -0.4 is 15.0 Å². The van der Waals surface area contributed by atoms with Crippen molar-refractivity contribution in [2.45, 2.75) is 24.4 Å². The molecule has 4 heterocycles. The van der Waals surface area contributed by atoms with Crippen LogP contribution >= 0.6 is 23.2 Å². The number of rotatable bonds is 2. The molecule has 0 saturated carbocycles. The lowest BCUT2D eigenvalue weighted by atomic mass is 9.75. The molecule has 6 rings (SSSR count). The average molecular weight is 472 g/mol. The maximum Gasteiger partial charge on any atom is 0.250 e. The Morgan fingerprint density at radius 3 is 2.59 bits per heavy atom. The number of fused-ring (bicyclic) bond motifs is 7. The number of carbonyl (C=O) groups excluding carboxylic acids is 3. The molecule has 9 heteroatoms. The summed E-state index contributed by atoms with van der Waals surface area (Å²) < 4.78 is 5.42. The Kier molecular flexibility index (Phi) is 4.19. The molecule has 0 aromatic heterocycles. The van der Waals surface area contributed by atoms with Crippen molar-refractivity contribution in [1.82, 2.24) is 4.90 Å². The van der Waals surface area contributed by atoms with Crippen LogP contribution in [0.25, 0.3) is 0 Å². The molecule has 0 radical (unpaired) electrons. The van der Waals surface area contributed by atoms with E-state index in [4.69, 9.17) is 27.9 Å². The number of nitrogens with zero attached hydrogens (tertiary/aromatic N) is 2. The summed E-state index contributed by atoms with van der Waals surface area (Å²) in [6.07, 6.45) is 1.59. The van der Waals surface area contributed by atoms with Gasteiger partial charge in [0, 0.05) is 27.3 Å². The number of anilines is 2. The van der Waals surface area contributed by atoms with Crippen LogP contribution in [0.1, 0.15) is 18.4 Å². The van der Waals surface area contributed by atoms with Crippen molar-refractivity contribution in [1.29, 1.82) is 0 Å². The Morgan fingerprint density at radius 2 is 1.81 bits per heavy atom. The van der Waals surface area contributed by atoms with E-state index >= 15 is 0 Å². The number of hydrogen-bond donors (Lipinski definition) is 1. The van der Waals surface area contributed by atoms with E-state index in [0.29, 0.717) is 39.3 Å². The lowest BCUT2D eigenvalue weighted by Gasteiger charge is -2.36. The van der Waals surface area contributed by atoms with E-state index < -0.39 is 23.3 Å². The highest BCUT2D eigenvalue weighted by Gasteiger charge is 2.74. The molecule has 0 bridgehead atoms. The first-order chi connectivity index (χ1) is 15.4. The second kappa shape index (κ2) is 6.70. The number of ether oxygens (including phenoxy) is 1. The lowest BCUT2D eigenvalue weighted by molar-refractivity contribution is -0.135. The Labute approximate surface area is 194 Å². The van der Waals surface area contributed by atoms with Crippen LogP contribution in [0.3, 0.4) is 0 Å². The summed E-state index contributed by atoms with van der Waals surface area (Å²) in [7, 11) is 1.47. The van der Waals surface area contributed by atoms with Crippen molar-refractivity contribution < 1.29 is 19.1 Å². The molecule has 4 aliphatic rings. The van der Waals surface area contributed by atoms with Gasteiger partial charge in [0.1, 0.15) is 11.3 Å². The molecule has 4 aliphatic heterocycles. The third-order valence-electron chi connectivity index (χ3n) is 7.34. The number of carbonyl (C=O) groups is 3. The highest BCUT2D eigenvalue weighted by molar-refractivity contribution is 6.32. The molecule has 32 heavy (non-hydrogen) atoms. The molecule has 4 atom stereocenters. The Morgan fingerprint density at radius 1 is 1.06 bits per heavy atom. The molecule has 3 saturated heterocycles. The van der Waals surface area contributed by atoms with Gasteiger partial charge in [0.05, 0.1) is 24.6 Å². The minimum atomic E-state index is -1.26. The number of methoxy groups -OCH3 is 1. The summed E-state index contributed by atoms with van der Waals surface area (Å²) in [5.74, 6) is -2.15. The smallest absolute Gasteiger partial charge is 0.250 e. The SMILES string of the molecule is COc1ccc(Cl)cc1N1C(=O)[C@@H]2[C@@H]3CCCN3[C@@]3(C(=O)Nc4ccc(Cl)cc43)[C@H]2C1=O. The fraction of sp³-hybridized carbons (Fsp3) is 0.348. The second-order valence-electron chi connectivity index (χ2n) is 8.64. The van der Waals surface area contributed by atoms with Gasteiger partial charge >= 0.3 is 0 Å². The zero-order valence-electron chi connectivity index (χ0n) is 17.1. The van der Waals surface area contributed by atoms with Crippen molar-refractivity contribution in [2.24, 2.45) is 11.8 Å². The van der Waals surface area contributed by atoms with Gasteiger partial charge in [-0.2, -0.15) is 0 Å². The highest BCUT2D eigenvalue weighted by Crippen LogP contribution is 2.61. The zero-order valence-corrected chi connectivity index (χ0v) is 18.6. The van der Waals surface area contributed by atoms with Gasteiger partial charge in [-0.05, 0) is 55.8 Å². The molecule has 0 aliphatic carbocycles. The number of amides is 3. The van der Waals surface area contributed by atoms with E-state index in [9.17, 15) is 14.4 Å². The number of benzene rings is 2. The van der Waals surface area contributed by atoms with Gasteiger partial charge in [-0.25, -0.2) is 4.90 Å². The normalized spacial score (nSPS) is 30.7. The van der Waals surface area contributed by atoms with Crippen molar-refractivity contribution in [3.63, 3.8) is 0 Å². The second-order valence-corrected chi connectivity index (χ2v) is 9.52. The van der Waals surface area contributed by atoms with E-state index in [1.807, 2.05) is 0 Å². The van der Waals surface area contributed by atoms with Crippen molar-refractivity contribution >= 4 is 52.3 Å². The summed E-state index contributed by atoms with van der Waals surface area (Å²) in [5, 5.41) is 3.79. The summed E-state index contributed by atoms with van der Waals surface area (Å²) in [6.45, 7) is 0.637. The van der Waals surface area contributed by atoms with Crippen LogP contribution in [0.4, 0.5) is 11.4 Å². The number of nitrogens with one attached hydrogen (secondary N) is 1. The molecule has 2 aromatic rings. The molecule has 1 N–H and O–H groups in total. The number of halogens is 2. The third kappa shape index (κ3) is 2.28. The molecule has 1 spiro atoms. The lowest BCUT2D eigenvalue weighted by Crippen LogP contribution is -2.54. The summed E-state index contributed by atoms with van der Waals surface area (Å²) >= 11 is 12.5. The highest BCUT2D eigenvalue weighted by atomic mass is 35.5. The quantitative estimate of drug-likeness (QED) is 0.678. The maximum atomic E-state index is 14.0. The predicted molar refractivity (Wildman–Crippen MR) is 119 cm³/mol. The minimum absolute atomic E-state index is 0.206. The van der Waals surface area contributed by atoms with Gasteiger partial charge in [0.15, 0.2) is 0 Å². The Balaban J connectivity index is 1.57. The monoisotopic (exact) mass is 471 g/mol. The summed E-state index contributed by atoms with van der Waals surface area (Å²) in [4.78, 5) is 44.6. The van der Waals surface area contributed by atoms with Crippen molar-refractivity contribution in [3.8, 4) is 5.75 Å². The van der Waals surface area contributed by atoms with E-state index in [2.05, 4.69) is 10.2 Å². The van der Waals surface area contributed by atoms with E-state index in [-0.39, 0.29) is 17.9 Å². The fourth-order valence-corrected chi connectivity index (χ4v) is 6.59. The zero-order chi connectivity index (χ0) is 22.4. The van der Waals surface area contributed by atoms with Crippen molar-refractivity contribution in [2.75, 3.05) is 23.9 Å². The number of hydrogen-bond acceptors (Lipinski definition) is 5. The Hall–Kier alpha value is -2.61. The van der Waals surface area contributed by atoms with E-state index in [1.54, 1.807) is 36.4 Å². The van der Waals surface area contributed by atoms with Crippen molar-refractivity contribution in [3.05, 3.63) is 52.0 Å². The first-order valence-electron chi connectivity index (χ1n) is 10.5. The van der Waals surface area contributed by atoms with Crippen LogP contribution in [-0.2, 0) is 19.9 Å². The van der Waals surface area contributed by atoms with E-state index in [0.717, 1.165) is 17.7 Å². The molecular formula is C23H19Cl2N3O4. The predicted octanol–water partition coefficient (Wildman–Crippen LogP) is 3.43. The first kappa shape index (κ1) is 20.0. The summed E-state index contributed by atoms with van der Waals surface area (Å²) in [6, 6.07) is 9.81. The molecule has 7 nitrogen and oxygen atoms in total. The van der Waals surface area contributed by atoms with Gasteiger partial charge < -0.3 is 10.1 Å². The molecular weight excluding hydrogens is 453 g/mol. The van der Waals surface area contributed by atoms with Gasteiger partial charge in [0.2, 0.25) is 17.7 Å². The first-order valence-corrected chi connectivity index (χ1v) is 11.2. The molecule has 164 valence electrons. The van der Waals surface area contributed by atoms with Gasteiger partial charge in [-0.3, -0.25) is 19.3 Å². The average Bonchev–Trinajstić information content (AvgIpc) is 3.46. The van der Waals surface area contributed by atoms with Crippen LogP contribution in [0.15, 0.2) is 36.4 Å². The molecule has 3 amide bonds. The summed E-state index contributed by atoms with van der Waals surface area (Å²) in [5.41, 5.74) is 0.327. The topological polar surface area (TPSA) is 79.0 Å². The van der Waals surface area contributed by atoms with Gasteiger partial charge in [-0.15, -0.1) is 0 Å². The van der Waals surface area contributed by atoms with Crippen LogP contribution in [-0.4, -0.2) is 42.3 Å². The molecule has 2 aromatic carbocycles. The minimum Gasteiger partial charge on any atom is -0.495 e.